The van der Waals surface area contributed by atoms with Crippen LogP contribution in [-0.4, -0.2) is 4.98 Å². The number of pyridine rings is 1. The summed E-state index contributed by atoms with van der Waals surface area (Å²) in [6.45, 7) is 2.98. The highest BCUT2D eigenvalue weighted by Crippen LogP contribution is 2.30. The van der Waals surface area contributed by atoms with Gasteiger partial charge >= 0.3 is 0 Å². The second-order valence-corrected chi connectivity index (χ2v) is 6.15. The van der Waals surface area contributed by atoms with Crippen molar-refractivity contribution in [3.05, 3.63) is 46.9 Å². The molecule has 2 heterocycles. The van der Waals surface area contributed by atoms with Crippen LogP contribution in [-0.2, 0) is 6.54 Å². The summed E-state index contributed by atoms with van der Waals surface area (Å²) in [6.07, 6.45) is 4.08. The number of rotatable bonds is 2. The number of hydrogen-bond donors (Lipinski definition) is 0. The van der Waals surface area contributed by atoms with E-state index in [1.165, 1.54) is 23.5 Å². The van der Waals surface area contributed by atoms with Crippen molar-refractivity contribution in [1.82, 2.24) is 4.98 Å². The van der Waals surface area contributed by atoms with Gasteiger partial charge < -0.3 is 0 Å². The van der Waals surface area contributed by atoms with Crippen LogP contribution < -0.4 is 4.57 Å². The van der Waals surface area contributed by atoms with Gasteiger partial charge in [-0.3, -0.25) is 0 Å². The molecular formula is C14H11BrFN2S+. The minimum absolute atomic E-state index is 0.222. The first-order chi connectivity index (χ1) is 9.15. The molecule has 0 saturated heterocycles. The average Bonchev–Trinajstić information content (AvgIpc) is 2.80. The van der Waals surface area contributed by atoms with Gasteiger partial charge in [0.15, 0.2) is 12.4 Å². The normalized spacial score (nSPS) is 11.1. The van der Waals surface area contributed by atoms with Gasteiger partial charge in [0.1, 0.15) is 17.4 Å². The Hall–Kier alpha value is -1.33. The minimum atomic E-state index is -0.222. The van der Waals surface area contributed by atoms with Gasteiger partial charge in [-0.15, -0.1) is 11.3 Å². The predicted octanol–water partition coefficient (Wildman–Crippen LogP) is 4.17. The van der Waals surface area contributed by atoms with Crippen molar-refractivity contribution in [2.45, 2.75) is 13.5 Å². The summed E-state index contributed by atoms with van der Waals surface area (Å²) in [5.41, 5.74) is 1.88. The van der Waals surface area contributed by atoms with Crippen molar-refractivity contribution in [1.29, 1.82) is 0 Å². The van der Waals surface area contributed by atoms with Crippen LogP contribution in [0.25, 0.3) is 20.8 Å². The maximum absolute atomic E-state index is 13.2. The van der Waals surface area contributed by atoms with E-state index >= 15 is 0 Å². The molecule has 0 atom stereocenters. The van der Waals surface area contributed by atoms with Crippen LogP contribution in [0, 0.1) is 5.82 Å². The highest BCUT2D eigenvalue weighted by atomic mass is 79.9. The van der Waals surface area contributed by atoms with E-state index in [1.807, 2.05) is 12.3 Å². The summed E-state index contributed by atoms with van der Waals surface area (Å²) >= 11 is 5.01. The standard InChI is InChI=1S/C14H11BrFN2S/c1-2-18-7-9(5-10(15)8-18)14-17-12-4-3-11(16)6-13(12)19-14/h3-8H,2H2,1H3/q+1. The number of benzene rings is 1. The highest BCUT2D eigenvalue weighted by molar-refractivity contribution is 9.10. The quantitative estimate of drug-likeness (QED) is 0.641. The summed E-state index contributed by atoms with van der Waals surface area (Å²) in [5, 5.41) is 0.907. The first kappa shape index (κ1) is 12.7. The van der Waals surface area contributed by atoms with Crippen LogP contribution in [0.1, 0.15) is 6.92 Å². The molecule has 0 N–H and O–H groups in total. The summed E-state index contributed by atoms with van der Waals surface area (Å²) in [6, 6.07) is 6.72. The molecule has 0 saturated carbocycles. The molecule has 0 aliphatic carbocycles. The van der Waals surface area contributed by atoms with E-state index in [9.17, 15) is 4.39 Å². The van der Waals surface area contributed by atoms with Gasteiger partial charge in [0.2, 0.25) is 0 Å². The molecule has 0 bridgehead atoms. The van der Waals surface area contributed by atoms with Crippen molar-refractivity contribution in [2.75, 3.05) is 0 Å². The lowest BCUT2D eigenvalue weighted by atomic mass is 10.3. The molecular weight excluding hydrogens is 327 g/mol. The van der Waals surface area contributed by atoms with Crippen LogP contribution in [0.15, 0.2) is 41.1 Å². The van der Waals surface area contributed by atoms with Crippen molar-refractivity contribution >= 4 is 37.5 Å². The number of aromatic nitrogens is 2. The lowest BCUT2D eigenvalue weighted by Crippen LogP contribution is -2.31. The number of aryl methyl sites for hydroxylation is 1. The number of nitrogens with zero attached hydrogens (tertiary/aromatic N) is 2. The van der Waals surface area contributed by atoms with E-state index in [0.29, 0.717) is 0 Å². The number of thiazole rings is 1. The topological polar surface area (TPSA) is 16.8 Å². The molecule has 1 aromatic carbocycles. The van der Waals surface area contributed by atoms with Gasteiger partial charge in [-0.25, -0.2) is 13.9 Å². The SMILES string of the molecule is CC[n+]1cc(Br)cc(-c2nc3ccc(F)cc3s2)c1. The third kappa shape index (κ3) is 2.53. The molecule has 0 radical (unpaired) electrons. The van der Waals surface area contributed by atoms with E-state index in [4.69, 9.17) is 0 Å². The second-order valence-electron chi connectivity index (χ2n) is 4.20. The Morgan fingerprint density at radius 3 is 2.95 bits per heavy atom. The van der Waals surface area contributed by atoms with Crippen molar-refractivity contribution in [3.8, 4) is 10.6 Å². The van der Waals surface area contributed by atoms with Gasteiger partial charge in [0, 0.05) is 0 Å². The molecule has 19 heavy (non-hydrogen) atoms. The van der Waals surface area contributed by atoms with E-state index in [-0.39, 0.29) is 5.82 Å². The van der Waals surface area contributed by atoms with E-state index in [0.717, 1.165) is 31.8 Å². The number of hydrogen-bond acceptors (Lipinski definition) is 2. The smallest absolute Gasteiger partial charge is 0.183 e. The van der Waals surface area contributed by atoms with E-state index < -0.39 is 0 Å². The molecule has 0 unspecified atom stereocenters. The Labute approximate surface area is 122 Å². The molecule has 0 spiro atoms. The average molecular weight is 338 g/mol. The van der Waals surface area contributed by atoms with Crippen molar-refractivity contribution < 1.29 is 8.96 Å². The number of halogens is 2. The Morgan fingerprint density at radius 1 is 1.32 bits per heavy atom. The molecule has 3 aromatic rings. The Bertz CT molecular complexity index is 754. The summed E-state index contributed by atoms with van der Waals surface area (Å²) in [4.78, 5) is 4.56. The zero-order valence-electron chi connectivity index (χ0n) is 10.2. The second kappa shape index (κ2) is 4.98. The van der Waals surface area contributed by atoms with Crippen molar-refractivity contribution in [2.24, 2.45) is 0 Å². The molecule has 0 aliphatic heterocycles. The molecule has 2 nitrogen and oxygen atoms in total. The Balaban J connectivity index is 2.15. The van der Waals surface area contributed by atoms with Gasteiger partial charge in [0.05, 0.1) is 20.3 Å². The molecule has 2 aromatic heterocycles. The van der Waals surface area contributed by atoms with Crippen LogP contribution in [0.3, 0.4) is 0 Å². The number of fused-ring (bicyclic) bond motifs is 1. The predicted molar refractivity (Wildman–Crippen MR) is 78.6 cm³/mol. The largest absolute Gasteiger partial charge is 0.236 e. The van der Waals surface area contributed by atoms with E-state index in [1.54, 1.807) is 6.07 Å². The summed E-state index contributed by atoms with van der Waals surface area (Å²) in [5.74, 6) is -0.222. The zero-order chi connectivity index (χ0) is 13.4. The van der Waals surface area contributed by atoms with Crippen molar-refractivity contribution in [3.63, 3.8) is 0 Å². The van der Waals surface area contributed by atoms with Gasteiger partial charge in [-0.2, -0.15) is 0 Å². The third-order valence-electron chi connectivity index (χ3n) is 2.85. The first-order valence-corrected chi connectivity index (χ1v) is 7.53. The van der Waals surface area contributed by atoms with Crippen LogP contribution in [0.5, 0.6) is 0 Å². The first-order valence-electron chi connectivity index (χ1n) is 5.92. The van der Waals surface area contributed by atoms with Gasteiger partial charge in [-0.05, 0) is 47.1 Å². The molecule has 0 aliphatic rings. The fourth-order valence-electron chi connectivity index (χ4n) is 1.92. The van der Waals surface area contributed by atoms with Gasteiger partial charge in [-0.1, -0.05) is 0 Å². The van der Waals surface area contributed by atoms with Crippen LogP contribution in [0.4, 0.5) is 4.39 Å². The Kier molecular flexibility index (Phi) is 3.33. The third-order valence-corrected chi connectivity index (χ3v) is 4.35. The molecule has 96 valence electrons. The lowest BCUT2D eigenvalue weighted by Gasteiger charge is -1.97. The van der Waals surface area contributed by atoms with Crippen LogP contribution in [0.2, 0.25) is 0 Å². The van der Waals surface area contributed by atoms with Crippen LogP contribution >= 0.6 is 27.3 Å². The van der Waals surface area contributed by atoms with E-state index in [2.05, 4.69) is 38.6 Å². The maximum Gasteiger partial charge on any atom is 0.183 e. The fourth-order valence-corrected chi connectivity index (χ4v) is 3.40. The highest BCUT2D eigenvalue weighted by Gasteiger charge is 2.12. The summed E-state index contributed by atoms with van der Waals surface area (Å²) in [7, 11) is 0. The summed E-state index contributed by atoms with van der Waals surface area (Å²) < 4.78 is 17.2. The minimum Gasteiger partial charge on any atom is -0.236 e. The lowest BCUT2D eigenvalue weighted by molar-refractivity contribution is -0.693. The molecule has 5 heteroatoms. The fraction of sp³-hybridized carbons (Fsp3) is 0.143. The molecule has 3 rings (SSSR count). The zero-order valence-corrected chi connectivity index (χ0v) is 12.6. The molecule has 0 amide bonds. The molecule has 0 fully saturated rings. The maximum atomic E-state index is 13.2. The monoisotopic (exact) mass is 337 g/mol. The Morgan fingerprint density at radius 2 is 2.16 bits per heavy atom. The van der Waals surface area contributed by atoms with Gasteiger partial charge in [0.25, 0.3) is 0 Å².